The summed E-state index contributed by atoms with van der Waals surface area (Å²) in [6, 6.07) is 5.08. The topological polar surface area (TPSA) is 114 Å². The van der Waals surface area contributed by atoms with E-state index in [1.165, 1.54) is 0 Å². The fourth-order valence-corrected chi connectivity index (χ4v) is 3.86. The molecule has 0 radical (unpaired) electrons. The highest BCUT2D eigenvalue weighted by atomic mass is 16.5. The zero-order valence-electron chi connectivity index (χ0n) is 17.6. The standard InChI is InChI=1S/C22H30N2O7/c25-8-10-30-12-14-31-13-11-29-9-2-4-16-3-1-5-17-18(16)15-24(22(17)28)19-6-7-20(26)23-21(19)27/h1,3,5,19,25H,2,4,6-15H2,(H,23,26,27). The number of fused-ring (bicyclic) bond motifs is 1. The smallest absolute Gasteiger partial charge is 0.255 e. The van der Waals surface area contributed by atoms with Gasteiger partial charge in [-0.05, 0) is 36.5 Å². The van der Waals surface area contributed by atoms with Gasteiger partial charge in [0.05, 0.1) is 39.6 Å². The molecule has 0 aliphatic carbocycles. The van der Waals surface area contributed by atoms with Crippen molar-refractivity contribution >= 4 is 17.7 Å². The van der Waals surface area contributed by atoms with Gasteiger partial charge in [0.25, 0.3) is 5.91 Å². The molecule has 1 fully saturated rings. The summed E-state index contributed by atoms with van der Waals surface area (Å²) in [4.78, 5) is 38.0. The van der Waals surface area contributed by atoms with Crippen molar-refractivity contribution < 1.29 is 33.7 Å². The van der Waals surface area contributed by atoms with Crippen LogP contribution in [0.25, 0.3) is 0 Å². The summed E-state index contributed by atoms with van der Waals surface area (Å²) < 4.78 is 16.1. The minimum absolute atomic E-state index is 0.0108. The molecule has 0 saturated carbocycles. The number of ether oxygens (including phenoxy) is 3. The van der Waals surface area contributed by atoms with Gasteiger partial charge in [-0.15, -0.1) is 0 Å². The van der Waals surface area contributed by atoms with Crippen LogP contribution in [0.5, 0.6) is 0 Å². The van der Waals surface area contributed by atoms with Crippen molar-refractivity contribution in [2.45, 2.75) is 38.3 Å². The fourth-order valence-electron chi connectivity index (χ4n) is 3.86. The number of aryl methyl sites for hydroxylation is 1. The molecular weight excluding hydrogens is 404 g/mol. The van der Waals surface area contributed by atoms with Crippen LogP contribution in [0.15, 0.2) is 18.2 Å². The molecule has 1 aromatic rings. The Labute approximate surface area is 181 Å². The highest BCUT2D eigenvalue weighted by molar-refractivity contribution is 6.05. The van der Waals surface area contributed by atoms with E-state index in [0.29, 0.717) is 58.2 Å². The molecule has 2 aliphatic heterocycles. The molecule has 9 heteroatoms. The van der Waals surface area contributed by atoms with Crippen molar-refractivity contribution in [3.05, 3.63) is 34.9 Å². The number of carbonyl (C=O) groups excluding carboxylic acids is 3. The summed E-state index contributed by atoms with van der Waals surface area (Å²) in [5, 5.41) is 10.9. The molecule has 0 spiro atoms. The van der Waals surface area contributed by atoms with Gasteiger partial charge in [0.1, 0.15) is 6.04 Å². The number of imide groups is 1. The molecule has 9 nitrogen and oxygen atoms in total. The first kappa shape index (κ1) is 23.3. The van der Waals surface area contributed by atoms with Crippen LogP contribution < -0.4 is 5.32 Å². The second-order valence-electron chi connectivity index (χ2n) is 7.51. The minimum atomic E-state index is -0.595. The van der Waals surface area contributed by atoms with E-state index in [1.807, 2.05) is 12.1 Å². The summed E-state index contributed by atoms with van der Waals surface area (Å²) >= 11 is 0. The number of nitrogens with zero attached hydrogens (tertiary/aromatic N) is 1. The van der Waals surface area contributed by atoms with Crippen LogP contribution in [-0.2, 0) is 36.8 Å². The van der Waals surface area contributed by atoms with Crippen LogP contribution in [0.1, 0.15) is 40.7 Å². The van der Waals surface area contributed by atoms with Crippen molar-refractivity contribution in [3.8, 4) is 0 Å². The van der Waals surface area contributed by atoms with Gasteiger partial charge < -0.3 is 24.2 Å². The van der Waals surface area contributed by atoms with E-state index >= 15 is 0 Å². The van der Waals surface area contributed by atoms with Crippen LogP contribution in [0.3, 0.4) is 0 Å². The summed E-state index contributed by atoms with van der Waals surface area (Å²) in [5.41, 5.74) is 2.69. The molecule has 170 valence electrons. The number of aliphatic hydroxyl groups excluding tert-OH is 1. The zero-order valence-corrected chi connectivity index (χ0v) is 17.6. The highest BCUT2D eigenvalue weighted by Gasteiger charge is 2.39. The molecule has 3 rings (SSSR count). The molecule has 0 bridgehead atoms. The summed E-state index contributed by atoms with van der Waals surface area (Å²) in [6.45, 7) is 3.21. The highest BCUT2D eigenvalue weighted by Crippen LogP contribution is 2.30. The first-order valence-corrected chi connectivity index (χ1v) is 10.7. The number of nitrogens with one attached hydrogen (secondary N) is 1. The SMILES string of the molecule is O=C1CCC(N2Cc3c(CCCOCCOCCOCCO)cccc3C2=O)C(=O)N1. The normalized spacial score (nSPS) is 18.4. The average Bonchev–Trinajstić information content (AvgIpc) is 3.09. The molecule has 0 aromatic heterocycles. The van der Waals surface area contributed by atoms with Crippen molar-refractivity contribution in [1.29, 1.82) is 0 Å². The lowest BCUT2D eigenvalue weighted by atomic mass is 10.00. The van der Waals surface area contributed by atoms with Crippen LogP contribution in [-0.4, -0.2) is 80.0 Å². The average molecular weight is 434 g/mol. The van der Waals surface area contributed by atoms with Crippen molar-refractivity contribution in [2.75, 3.05) is 46.2 Å². The summed E-state index contributed by atoms with van der Waals surface area (Å²) in [7, 11) is 0. The molecule has 1 saturated heterocycles. The van der Waals surface area contributed by atoms with E-state index in [1.54, 1.807) is 11.0 Å². The maximum atomic E-state index is 12.8. The molecule has 1 atom stereocenters. The minimum Gasteiger partial charge on any atom is -0.394 e. The van der Waals surface area contributed by atoms with Gasteiger partial charge in [-0.3, -0.25) is 19.7 Å². The fraction of sp³-hybridized carbons (Fsp3) is 0.591. The number of hydrogen-bond acceptors (Lipinski definition) is 7. The first-order chi connectivity index (χ1) is 15.1. The Balaban J connectivity index is 1.40. The molecule has 2 aliphatic rings. The van der Waals surface area contributed by atoms with E-state index in [4.69, 9.17) is 19.3 Å². The number of amides is 3. The molecule has 1 aromatic carbocycles. The predicted octanol–water partition coefficient (Wildman–Crippen LogP) is 0.422. The van der Waals surface area contributed by atoms with Gasteiger partial charge in [0.15, 0.2) is 0 Å². The lowest BCUT2D eigenvalue weighted by Gasteiger charge is -2.29. The first-order valence-electron chi connectivity index (χ1n) is 10.7. The van der Waals surface area contributed by atoms with E-state index in [-0.39, 0.29) is 24.8 Å². The van der Waals surface area contributed by atoms with Gasteiger partial charge in [-0.2, -0.15) is 0 Å². The number of hydrogen-bond donors (Lipinski definition) is 2. The van der Waals surface area contributed by atoms with Crippen molar-refractivity contribution in [1.82, 2.24) is 10.2 Å². The van der Waals surface area contributed by atoms with Crippen molar-refractivity contribution in [2.24, 2.45) is 0 Å². The molecule has 2 heterocycles. The third-order valence-electron chi connectivity index (χ3n) is 5.39. The van der Waals surface area contributed by atoms with E-state index in [2.05, 4.69) is 5.32 Å². The lowest BCUT2D eigenvalue weighted by molar-refractivity contribution is -0.136. The quantitative estimate of drug-likeness (QED) is 0.342. The third-order valence-corrected chi connectivity index (χ3v) is 5.39. The Morgan fingerprint density at radius 2 is 1.71 bits per heavy atom. The maximum Gasteiger partial charge on any atom is 0.255 e. The van der Waals surface area contributed by atoms with Gasteiger partial charge >= 0.3 is 0 Å². The molecule has 3 amide bonds. The van der Waals surface area contributed by atoms with Gasteiger partial charge in [0, 0.05) is 25.1 Å². The van der Waals surface area contributed by atoms with Gasteiger partial charge in [-0.1, -0.05) is 12.1 Å². The summed E-state index contributed by atoms with van der Waals surface area (Å²) in [6.07, 6.45) is 2.20. The number of rotatable bonds is 13. The van der Waals surface area contributed by atoms with Crippen molar-refractivity contribution in [3.63, 3.8) is 0 Å². The second-order valence-corrected chi connectivity index (χ2v) is 7.51. The van der Waals surface area contributed by atoms with Gasteiger partial charge in [-0.25, -0.2) is 0 Å². The molecule has 1 unspecified atom stereocenters. The Morgan fingerprint density at radius 1 is 1.00 bits per heavy atom. The van der Waals surface area contributed by atoms with E-state index in [0.717, 1.165) is 24.0 Å². The Morgan fingerprint density at radius 3 is 2.42 bits per heavy atom. The third kappa shape index (κ3) is 6.33. The molecule has 31 heavy (non-hydrogen) atoms. The van der Waals surface area contributed by atoms with E-state index < -0.39 is 11.9 Å². The molecule has 2 N–H and O–H groups in total. The maximum absolute atomic E-state index is 12.8. The number of aliphatic hydroxyl groups is 1. The van der Waals surface area contributed by atoms with Gasteiger partial charge in [0.2, 0.25) is 11.8 Å². The monoisotopic (exact) mass is 434 g/mol. The van der Waals surface area contributed by atoms with Crippen LogP contribution in [0.2, 0.25) is 0 Å². The number of carbonyl (C=O) groups is 3. The van der Waals surface area contributed by atoms with Crippen LogP contribution in [0, 0.1) is 0 Å². The Bertz CT molecular complexity index is 783. The number of piperidine rings is 1. The Kier molecular flexibility index (Phi) is 8.96. The summed E-state index contributed by atoms with van der Waals surface area (Å²) in [5.74, 6) is -0.830. The van der Waals surface area contributed by atoms with E-state index in [9.17, 15) is 14.4 Å². The Hall–Kier alpha value is -2.33. The van der Waals surface area contributed by atoms with Crippen LogP contribution >= 0.6 is 0 Å². The zero-order chi connectivity index (χ0) is 22.1. The predicted molar refractivity (Wildman–Crippen MR) is 110 cm³/mol. The largest absolute Gasteiger partial charge is 0.394 e. The molecular formula is C22H30N2O7. The van der Waals surface area contributed by atoms with Crippen LogP contribution in [0.4, 0.5) is 0 Å². The number of benzene rings is 1. The lowest BCUT2D eigenvalue weighted by Crippen LogP contribution is -2.52. The second kappa shape index (κ2) is 11.9.